The topological polar surface area (TPSA) is 51.8 Å². The highest BCUT2D eigenvalue weighted by Gasteiger charge is 2.09. The van der Waals surface area contributed by atoms with Crippen molar-refractivity contribution in [3.05, 3.63) is 34.6 Å². The van der Waals surface area contributed by atoms with Crippen LogP contribution in [0.4, 0.5) is 0 Å². The summed E-state index contributed by atoms with van der Waals surface area (Å²) in [5.74, 6) is 0. The molecule has 1 atom stereocenters. The van der Waals surface area contributed by atoms with E-state index in [0.29, 0.717) is 0 Å². The molecule has 0 spiro atoms. The van der Waals surface area contributed by atoms with Crippen LogP contribution in [0.5, 0.6) is 0 Å². The largest absolute Gasteiger partial charge is 0.328 e. The maximum absolute atomic E-state index is 5.87. The Morgan fingerprint density at radius 3 is 3.00 bits per heavy atom. The monoisotopic (exact) mass is 329 g/mol. The van der Waals surface area contributed by atoms with Gasteiger partial charge in [-0.1, -0.05) is 27.7 Å². The highest BCUT2D eigenvalue weighted by molar-refractivity contribution is 9.10. The zero-order chi connectivity index (χ0) is 12.3. The standard InChI is InChI=1S/C11H12BrN3S2/c1-7(13)4-8-5-9(12)2-3-10(8)16-11-14-6-15-17-11/h2-3,5-7H,4,13H2,1H3. The van der Waals surface area contributed by atoms with Gasteiger partial charge in [0.1, 0.15) is 6.33 Å². The van der Waals surface area contributed by atoms with Gasteiger partial charge in [-0.05, 0) is 48.6 Å². The summed E-state index contributed by atoms with van der Waals surface area (Å²) in [6.45, 7) is 2.01. The molecule has 2 N–H and O–H groups in total. The van der Waals surface area contributed by atoms with Gasteiger partial charge in [-0.2, -0.15) is 4.37 Å². The van der Waals surface area contributed by atoms with Crippen molar-refractivity contribution in [2.45, 2.75) is 28.6 Å². The summed E-state index contributed by atoms with van der Waals surface area (Å²) in [5.41, 5.74) is 7.11. The predicted octanol–water partition coefficient (Wildman–Crippen LogP) is 3.34. The Hall–Kier alpha value is -0.430. The molecule has 1 aromatic heterocycles. The summed E-state index contributed by atoms with van der Waals surface area (Å²) >= 11 is 6.54. The molecule has 0 bridgehead atoms. The van der Waals surface area contributed by atoms with Gasteiger partial charge in [-0.25, -0.2) is 4.98 Å². The molecule has 0 aliphatic rings. The molecule has 0 aliphatic heterocycles. The molecule has 0 radical (unpaired) electrons. The van der Waals surface area contributed by atoms with Gasteiger partial charge < -0.3 is 5.73 Å². The first kappa shape index (κ1) is 13.0. The molecule has 1 heterocycles. The van der Waals surface area contributed by atoms with E-state index in [0.717, 1.165) is 15.2 Å². The second-order valence-corrected chi connectivity index (χ2v) is 6.73. The number of aromatic nitrogens is 2. The first-order chi connectivity index (χ1) is 8.15. The Morgan fingerprint density at radius 2 is 2.35 bits per heavy atom. The van der Waals surface area contributed by atoms with Gasteiger partial charge in [-0.15, -0.1) is 0 Å². The van der Waals surface area contributed by atoms with E-state index >= 15 is 0 Å². The van der Waals surface area contributed by atoms with Crippen LogP contribution < -0.4 is 5.73 Å². The van der Waals surface area contributed by atoms with Crippen LogP contribution in [0.2, 0.25) is 0 Å². The Morgan fingerprint density at radius 1 is 1.53 bits per heavy atom. The minimum absolute atomic E-state index is 0.151. The third kappa shape index (κ3) is 3.77. The lowest BCUT2D eigenvalue weighted by atomic mass is 10.1. The highest BCUT2D eigenvalue weighted by Crippen LogP contribution is 2.32. The fourth-order valence-corrected chi connectivity index (χ4v) is 3.39. The van der Waals surface area contributed by atoms with Crippen LogP contribution in [0.15, 0.2) is 38.2 Å². The number of halogens is 1. The molecule has 0 aliphatic carbocycles. The maximum atomic E-state index is 5.87. The van der Waals surface area contributed by atoms with Gasteiger partial charge in [-0.3, -0.25) is 0 Å². The molecule has 0 saturated heterocycles. The highest BCUT2D eigenvalue weighted by atomic mass is 79.9. The lowest BCUT2D eigenvalue weighted by Crippen LogP contribution is -2.18. The fourth-order valence-electron chi connectivity index (χ4n) is 1.46. The van der Waals surface area contributed by atoms with E-state index in [1.165, 1.54) is 22.0 Å². The van der Waals surface area contributed by atoms with Gasteiger partial charge in [0, 0.05) is 15.4 Å². The number of hydrogen-bond donors (Lipinski definition) is 1. The van der Waals surface area contributed by atoms with Crippen LogP contribution >= 0.6 is 39.2 Å². The van der Waals surface area contributed by atoms with E-state index in [4.69, 9.17) is 5.73 Å². The Labute approximate surface area is 117 Å². The second-order valence-electron chi connectivity index (χ2n) is 3.74. The number of nitrogens with zero attached hydrogens (tertiary/aromatic N) is 2. The number of hydrogen-bond acceptors (Lipinski definition) is 5. The average molecular weight is 330 g/mol. The Bertz CT molecular complexity index is 485. The molecular formula is C11H12BrN3S2. The molecule has 90 valence electrons. The summed E-state index contributed by atoms with van der Waals surface area (Å²) in [6, 6.07) is 6.40. The zero-order valence-electron chi connectivity index (χ0n) is 9.26. The van der Waals surface area contributed by atoms with Crippen molar-refractivity contribution in [2.75, 3.05) is 0 Å². The molecule has 6 heteroatoms. The summed E-state index contributed by atoms with van der Waals surface area (Å²) < 4.78 is 6.04. The van der Waals surface area contributed by atoms with E-state index in [9.17, 15) is 0 Å². The lowest BCUT2D eigenvalue weighted by molar-refractivity contribution is 0.729. The van der Waals surface area contributed by atoms with Crippen LogP contribution in [0.3, 0.4) is 0 Å². The Balaban J connectivity index is 2.25. The van der Waals surface area contributed by atoms with Crippen molar-refractivity contribution in [3.63, 3.8) is 0 Å². The zero-order valence-corrected chi connectivity index (χ0v) is 12.5. The first-order valence-corrected chi connectivity index (χ1v) is 7.52. The van der Waals surface area contributed by atoms with Gasteiger partial charge in [0.25, 0.3) is 0 Å². The maximum Gasteiger partial charge on any atom is 0.174 e. The second kappa shape index (κ2) is 5.95. The Kier molecular flexibility index (Phi) is 4.55. The number of rotatable bonds is 4. The summed E-state index contributed by atoms with van der Waals surface area (Å²) in [7, 11) is 0. The van der Waals surface area contributed by atoms with E-state index in [1.807, 2.05) is 13.0 Å². The molecule has 3 nitrogen and oxygen atoms in total. The normalized spacial score (nSPS) is 12.6. The molecule has 2 rings (SSSR count). The molecule has 1 aromatic carbocycles. The number of nitrogens with two attached hydrogens (primary N) is 1. The molecule has 2 aromatic rings. The third-order valence-electron chi connectivity index (χ3n) is 2.10. The molecule has 0 fully saturated rings. The third-order valence-corrected chi connectivity index (χ3v) is 4.43. The van der Waals surface area contributed by atoms with Crippen LogP contribution in [0.1, 0.15) is 12.5 Å². The quantitative estimate of drug-likeness (QED) is 0.934. The molecule has 17 heavy (non-hydrogen) atoms. The minimum Gasteiger partial charge on any atom is -0.328 e. The van der Waals surface area contributed by atoms with Crippen LogP contribution in [0, 0.1) is 0 Å². The minimum atomic E-state index is 0.151. The molecule has 0 saturated carbocycles. The van der Waals surface area contributed by atoms with Crippen molar-refractivity contribution in [3.8, 4) is 0 Å². The van der Waals surface area contributed by atoms with Crippen molar-refractivity contribution < 1.29 is 0 Å². The first-order valence-electron chi connectivity index (χ1n) is 5.13. The summed E-state index contributed by atoms with van der Waals surface area (Å²) in [4.78, 5) is 5.38. The molecule has 1 unspecified atom stereocenters. The molecule has 0 amide bonds. The fraction of sp³-hybridized carbons (Fsp3) is 0.273. The van der Waals surface area contributed by atoms with E-state index in [1.54, 1.807) is 18.1 Å². The average Bonchev–Trinajstić information content (AvgIpc) is 2.74. The SMILES string of the molecule is CC(N)Cc1cc(Br)ccc1Sc1ncns1. The van der Waals surface area contributed by atoms with Gasteiger partial charge in [0.2, 0.25) is 0 Å². The van der Waals surface area contributed by atoms with Crippen molar-refractivity contribution in [1.82, 2.24) is 9.36 Å². The lowest BCUT2D eigenvalue weighted by Gasteiger charge is -2.10. The van der Waals surface area contributed by atoms with Crippen molar-refractivity contribution >= 4 is 39.2 Å². The van der Waals surface area contributed by atoms with Crippen LogP contribution in [-0.2, 0) is 6.42 Å². The summed E-state index contributed by atoms with van der Waals surface area (Å²) in [6.07, 6.45) is 2.44. The van der Waals surface area contributed by atoms with Crippen LogP contribution in [0.25, 0.3) is 0 Å². The number of benzene rings is 1. The van der Waals surface area contributed by atoms with Gasteiger partial charge in [0.15, 0.2) is 4.34 Å². The van der Waals surface area contributed by atoms with Crippen LogP contribution in [-0.4, -0.2) is 15.4 Å². The predicted molar refractivity (Wildman–Crippen MR) is 75.5 cm³/mol. The van der Waals surface area contributed by atoms with Crippen molar-refractivity contribution in [1.29, 1.82) is 0 Å². The van der Waals surface area contributed by atoms with Gasteiger partial charge in [0.05, 0.1) is 0 Å². The molecular weight excluding hydrogens is 318 g/mol. The smallest absolute Gasteiger partial charge is 0.174 e. The summed E-state index contributed by atoms with van der Waals surface area (Å²) in [5, 5.41) is 0. The van der Waals surface area contributed by atoms with Crippen molar-refractivity contribution in [2.24, 2.45) is 5.73 Å². The van der Waals surface area contributed by atoms with E-state index < -0.39 is 0 Å². The van der Waals surface area contributed by atoms with E-state index in [-0.39, 0.29) is 6.04 Å². The van der Waals surface area contributed by atoms with Gasteiger partial charge >= 0.3 is 0 Å². The van der Waals surface area contributed by atoms with E-state index in [2.05, 4.69) is 37.4 Å².